The molecule has 1 fully saturated rings. The molecule has 0 bridgehead atoms. The molecule has 1 amide bonds. The maximum Gasteiger partial charge on any atom is 0.233 e. The first-order chi connectivity index (χ1) is 7.74. The molecule has 1 aliphatic rings. The standard InChI is InChI=1S/C11H22N2O3/c1-9-10(4-7-16-9)13-8-11(14)12-5-3-6-15-2/h9-10,13H,3-8H2,1-2H3,(H,12,14). The van der Waals surface area contributed by atoms with Crippen molar-refractivity contribution in [2.75, 3.05) is 33.4 Å². The van der Waals surface area contributed by atoms with Gasteiger partial charge in [-0.2, -0.15) is 0 Å². The van der Waals surface area contributed by atoms with E-state index >= 15 is 0 Å². The average Bonchev–Trinajstić information content (AvgIpc) is 2.67. The summed E-state index contributed by atoms with van der Waals surface area (Å²) in [6.45, 7) is 4.53. The van der Waals surface area contributed by atoms with Crippen molar-refractivity contribution < 1.29 is 14.3 Å². The smallest absolute Gasteiger partial charge is 0.233 e. The highest BCUT2D eigenvalue weighted by Crippen LogP contribution is 2.11. The number of amides is 1. The minimum absolute atomic E-state index is 0.0372. The van der Waals surface area contributed by atoms with Gasteiger partial charge in [-0.05, 0) is 19.8 Å². The molecule has 1 rings (SSSR count). The molecule has 1 saturated heterocycles. The Balaban J connectivity index is 2.01. The van der Waals surface area contributed by atoms with Crippen LogP contribution in [0.15, 0.2) is 0 Å². The summed E-state index contributed by atoms with van der Waals surface area (Å²) in [5.41, 5.74) is 0. The van der Waals surface area contributed by atoms with E-state index in [4.69, 9.17) is 9.47 Å². The largest absolute Gasteiger partial charge is 0.385 e. The molecule has 2 unspecified atom stereocenters. The third-order valence-corrected chi connectivity index (χ3v) is 2.75. The van der Waals surface area contributed by atoms with Crippen molar-refractivity contribution in [1.29, 1.82) is 0 Å². The van der Waals surface area contributed by atoms with Gasteiger partial charge < -0.3 is 20.1 Å². The van der Waals surface area contributed by atoms with Crippen LogP contribution in [0.25, 0.3) is 0 Å². The van der Waals surface area contributed by atoms with Crippen LogP contribution in [-0.2, 0) is 14.3 Å². The van der Waals surface area contributed by atoms with Crippen LogP contribution in [-0.4, -0.2) is 51.5 Å². The molecule has 16 heavy (non-hydrogen) atoms. The first-order valence-electron chi connectivity index (χ1n) is 5.84. The highest BCUT2D eigenvalue weighted by Gasteiger charge is 2.23. The lowest BCUT2D eigenvalue weighted by atomic mass is 10.1. The van der Waals surface area contributed by atoms with E-state index in [1.807, 2.05) is 6.92 Å². The summed E-state index contributed by atoms with van der Waals surface area (Å²) < 4.78 is 10.3. The van der Waals surface area contributed by atoms with Gasteiger partial charge in [0.2, 0.25) is 5.91 Å². The van der Waals surface area contributed by atoms with Crippen molar-refractivity contribution in [3.63, 3.8) is 0 Å². The predicted molar refractivity (Wildman–Crippen MR) is 61.3 cm³/mol. The monoisotopic (exact) mass is 230 g/mol. The maximum absolute atomic E-state index is 11.4. The van der Waals surface area contributed by atoms with Crippen LogP contribution in [0.1, 0.15) is 19.8 Å². The molecule has 0 spiro atoms. The van der Waals surface area contributed by atoms with Gasteiger partial charge in [0.15, 0.2) is 0 Å². The molecular formula is C11H22N2O3. The van der Waals surface area contributed by atoms with Crippen LogP contribution >= 0.6 is 0 Å². The second-order valence-corrected chi connectivity index (χ2v) is 4.05. The highest BCUT2D eigenvalue weighted by molar-refractivity contribution is 5.77. The van der Waals surface area contributed by atoms with Crippen LogP contribution in [0.3, 0.4) is 0 Å². The van der Waals surface area contributed by atoms with E-state index in [-0.39, 0.29) is 12.0 Å². The minimum Gasteiger partial charge on any atom is -0.385 e. The van der Waals surface area contributed by atoms with E-state index < -0.39 is 0 Å². The molecule has 5 nitrogen and oxygen atoms in total. The Labute approximate surface area is 96.9 Å². The molecule has 5 heteroatoms. The molecule has 1 heterocycles. The van der Waals surface area contributed by atoms with Crippen molar-refractivity contribution in [2.45, 2.75) is 31.9 Å². The predicted octanol–water partition coefficient (Wildman–Crippen LogP) is -0.0939. The van der Waals surface area contributed by atoms with Crippen molar-refractivity contribution in [3.8, 4) is 0 Å². The lowest BCUT2D eigenvalue weighted by Crippen LogP contribution is -2.42. The van der Waals surface area contributed by atoms with E-state index in [1.54, 1.807) is 7.11 Å². The second-order valence-electron chi connectivity index (χ2n) is 4.05. The van der Waals surface area contributed by atoms with Gasteiger partial charge in [-0.3, -0.25) is 4.79 Å². The van der Waals surface area contributed by atoms with Crippen LogP contribution in [0, 0.1) is 0 Å². The van der Waals surface area contributed by atoms with Crippen molar-refractivity contribution in [2.24, 2.45) is 0 Å². The quantitative estimate of drug-likeness (QED) is 0.600. The van der Waals surface area contributed by atoms with Gasteiger partial charge in [-0.15, -0.1) is 0 Å². The Bertz CT molecular complexity index is 211. The molecule has 2 N–H and O–H groups in total. The lowest BCUT2D eigenvalue weighted by molar-refractivity contribution is -0.120. The number of nitrogens with one attached hydrogen (secondary N) is 2. The summed E-state index contributed by atoms with van der Waals surface area (Å²) >= 11 is 0. The molecule has 0 radical (unpaired) electrons. The highest BCUT2D eigenvalue weighted by atomic mass is 16.5. The van der Waals surface area contributed by atoms with E-state index in [9.17, 15) is 4.79 Å². The van der Waals surface area contributed by atoms with Gasteiger partial charge in [0.05, 0.1) is 12.6 Å². The molecule has 0 aromatic carbocycles. The fourth-order valence-corrected chi connectivity index (χ4v) is 1.73. The molecule has 1 aliphatic heterocycles. The Morgan fingerprint density at radius 3 is 3.00 bits per heavy atom. The van der Waals surface area contributed by atoms with Crippen LogP contribution in [0.2, 0.25) is 0 Å². The van der Waals surface area contributed by atoms with E-state index in [0.29, 0.717) is 25.7 Å². The molecule has 2 atom stereocenters. The summed E-state index contributed by atoms with van der Waals surface area (Å²) in [5, 5.41) is 6.04. The fraction of sp³-hybridized carbons (Fsp3) is 0.909. The topological polar surface area (TPSA) is 59.6 Å². The number of ether oxygens (including phenoxy) is 2. The molecular weight excluding hydrogens is 208 g/mol. The summed E-state index contributed by atoms with van der Waals surface area (Å²) in [6, 6.07) is 0.310. The van der Waals surface area contributed by atoms with E-state index in [2.05, 4.69) is 10.6 Å². The Morgan fingerprint density at radius 2 is 2.38 bits per heavy atom. The zero-order valence-corrected chi connectivity index (χ0v) is 10.1. The number of carbonyl (C=O) groups excluding carboxylic acids is 1. The van der Waals surface area contributed by atoms with Crippen molar-refractivity contribution in [3.05, 3.63) is 0 Å². The van der Waals surface area contributed by atoms with Crippen LogP contribution in [0.4, 0.5) is 0 Å². The molecule has 94 valence electrons. The lowest BCUT2D eigenvalue weighted by Gasteiger charge is -2.15. The molecule has 0 aliphatic carbocycles. The number of hydrogen-bond acceptors (Lipinski definition) is 4. The summed E-state index contributed by atoms with van der Waals surface area (Å²) in [4.78, 5) is 11.4. The first-order valence-corrected chi connectivity index (χ1v) is 5.84. The molecule has 0 saturated carbocycles. The van der Waals surface area contributed by atoms with E-state index in [1.165, 1.54) is 0 Å². The third kappa shape index (κ3) is 4.92. The number of carbonyl (C=O) groups is 1. The third-order valence-electron chi connectivity index (χ3n) is 2.75. The number of rotatable bonds is 7. The van der Waals surface area contributed by atoms with Crippen molar-refractivity contribution in [1.82, 2.24) is 10.6 Å². The molecule has 0 aromatic rings. The second kappa shape index (κ2) is 7.60. The van der Waals surface area contributed by atoms with E-state index in [0.717, 1.165) is 19.4 Å². The maximum atomic E-state index is 11.4. The summed E-state index contributed by atoms with van der Waals surface area (Å²) in [7, 11) is 1.66. The SMILES string of the molecule is COCCCNC(=O)CNC1CCOC1C. The van der Waals surface area contributed by atoms with Gasteiger partial charge in [-0.25, -0.2) is 0 Å². The summed E-state index contributed by atoms with van der Waals surface area (Å²) in [5.74, 6) is 0.0372. The van der Waals surface area contributed by atoms with Crippen LogP contribution in [0.5, 0.6) is 0 Å². The fourth-order valence-electron chi connectivity index (χ4n) is 1.73. The van der Waals surface area contributed by atoms with Crippen LogP contribution < -0.4 is 10.6 Å². The zero-order valence-electron chi connectivity index (χ0n) is 10.1. The van der Waals surface area contributed by atoms with Gasteiger partial charge in [-0.1, -0.05) is 0 Å². The Kier molecular flexibility index (Phi) is 6.37. The Hall–Kier alpha value is -0.650. The number of methoxy groups -OCH3 is 1. The number of hydrogen-bond donors (Lipinski definition) is 2. The van der Waals surface area contributed by atoms with Gasteiger partial charge in [0, 0.05) is 32.9 Å². The molecule has 0 aromatic heterocycles. The first kappa shape index (κ1) is 13.4. The normalized spacial score (nSPS) is 24.6. The summed E-state index contributed by atoms with van der Waals surface area (Å²) in [6.07, 6.45) is 2.05. The van der Waals surface area contributed by atoms with Crippen molar-refractivity contribution >= 4 is 5.91 Å². The van der Waals surface area contributed by atoms with Gasteiger partial charge in [0.1, 0.15) is 0 Å². The zero-order chi connectivity index (χ0) is 11.8. The Morgan fingerprint density at radius 1 is 1.56 bits per heavy atom. The van der Waals surface area contributed by atoms with Gasteiger partial charge >= 0.3 is 0 Å². The minimum atomic E-state index is 0.0372. The van der Waals surface area contributed by atoms with Gasteiger partial charge in [0.25, 0.3) is 0 Å². The average molecular weight is 230 g/mol.